The van der Waals surface area contributed by atoms with Gasteiger partial charge in [0.05, 0.1) is 0 Å². The molecule has 4 aromatic rings. The first kappa shape index (κ1) is 27.7. The molecule has 2 atom stereocenters. The summed E-state index contributed by atoms with van der Waals surface area (Å²) in [6.45, 7) is 3.08. The number of carbonyl (C=O) groups excluding carboxylic acids is 2. The molecule has 2 heterocycles. The van der Waals surface area contributed by atoms with E-state index in [2.05, 4.69) is 0 Å². The maximum Gasteiger partial charge on any atom is -0.870 e. The first-order chi connectivity index (χ1) is 16.8. The van der Waals surface area contributed by atoms with Crippen molar-refractivity contribution >= 4 is 50.5 Å². The van der Waals surface area contributed by atoms with E-state index in [1.165, 1.54) is 13.8 Å². The predicted octanol–water partition coefficient (Wildman–Crippen LogP) is 6.77. The Hall–Kier alpha value is -2.87. The van der Waals surface area contributed by atoms with Crippen LogP contribution >= 0.6 is 22.7 Å². The van der Waals surface area contributed by atoms with Gasteiger partial charge >= 0.3 is 217 Å². The third-order valence-corrected chi connectivity index (χ3v) is 8.15. The van der Waals surface area contributed by atoms with Crippen LogP contribution in [0.3, 0.4) is 0 Å². The molecular weight excluding hydrogens is 521 g/mol. The Labute approximate surface area is 222 Å². The molecule has 184 valence electrons. The van der Waals surface area contributed by atoms with Crippen LogP contribution in [0.4, 0.5) is 8.78 Å². The molecule has 4 rings (SSSR count). The average molecular weight is 543 g/mol. The number of rotatable bonds is 8. The van der Waals surface area contributed by atoms with E-state index in [4.69, 9.17) is 7.58 Å². The van der Waals surface area contributed by atoms with Crippen LogP contribution in [0.2, 0.25) is 0 Å². The Bertz CT molecular complexity index is 1220. The molecule has 0 saturated carbocycles. The molecular formula is C26H21AlF2O5S2. The van der Waals surface area contributed by atoms with Crippen molar-refractivity contribution in [1.29, 1.82) is 0 Å². The predicted molar refractivity (Wildman–Crippen MR) is 136 cm³/mol. The van der Waals surface area contributed by atoms with Crippen LogP contribution in [0.5, 0.6) is 0 Å². The smallest absolute Gasteiger partial charge is 0.870 e. The Kier molecular flexibility index (Phi) is 9.54. The van der Waals surface area contributed by atoms with E-state index < -0.39 is 49.9 Å². The summed E-state index contributed by atoms with van der Waals surface area (Å²) in [5.74, 6) is -3.11. The van der Waals surface area contributed by atoms with Crippen LogP contribution in [0.15, 0.2) is 72.8 Å². The van der Waals surface area contributed by atoms with Gasteiger partial charge in [0.1, 0.15) is 0 Å². The van der Waals surface area contributed by atoms with E-state index in [1.54, 1.807) is 12.1 Å². The van der Waals surface area contributed by atoms with Gasteiger partial charge in [0, 0.05) is 0 Å². The van der Waals surface area contributed by atoms with Gasteiger partial charge in [0.15, 0.2) is 0 Å². The maximum absolute atomic E-state index is 14.5. The molecule has 2 unspecified atom stereocenters. The normalized spacial score (nSPS) is 12.1. The first-order valence-electron chi connectivity index (χ1n) is 10.8. The Balaban J connectivity index is 0.00000361. The molecule has 0 aliphatic carbocycles. The number of hydrogen-bond donors (Lipinski definition) is 0. The molecule has 0 spiro atoms. The second kappa shape index (κ2) is 12.4. The van der Waals surface area contributed by atoms with Crippen molar-refractivity contribution in [3.05, 3.63) is 94.2 Å². The van der Waals surface area contributed by atoms with E-state index in [-0.39, 0.29) is 16.6 Å². The summed E-state index contributed by atoms with van der Waals surface area (Å²) in [6.07, 6.45) is 0. The van der Waals surface area contributed by atoms with Crippen LogP contribution in [0.1, 0.15) is 36.8 Å². The molecule has 1 N–H and O–H groups in total. The molecule has 5 nitrogen and oxygen atoms in total. The first-order valence-corrected chi connectivity index (χ1v) is 13.3. The van der Waals surface area contributed by atoms with Crippen LogP contribution < -0.4 is 0 Å². The zero-order chi connectivity index (χ0) is 24.9. The summed E-state index contributed by atoms with van der Waals surface area (Å²) in [5, 5.41) is -0.924. The second-order valence-electron chi connectivity index (χ2n) is 7.82. The molecule has 0 fully saturated rings. The van der Waals surface area contributed by atoms with Gasteiger partial charge in [0.25, 0.3) is 0 Å². The van der Waals surface area contributed by atoms with Crippen LogP contribution in [0.25, 0.3) is 20.9 Å². The van der Waals surface area contributed by atoms with Crippen LogP contribution in [-0.2, 0) is 17.2 Å². The van der Waals surface area contributed by atoms with Crippen LogP contribution in [-0.4, -0.2) is 33.3 Å². The molecule has 0 bridgehead atoms. The topological polar surface area (TPSA) is 82.6 Å². The summed E-state index contributed by atoms with van der Waals surface area (Å²) in [7, 11) is 0. The van der Waals surface area contributed by atoms with Gasteiger partial charge in [0.2, 0.25) is 0 Å². The standard InChI is InChI=1S/2C13H11FO2S.Al.H2O/c2*1-8(13(15)16)10-7-11(17-12(10)14)9-5-3-2-4-6-9;;/h2*2-8H,1H3,(H,15,16);;1H2/q;;+3;/p-3. The van der Waals surface area contributed by atoms with Gasteiger partial charge in [-0.05, 0) is 0 Å². The van der Waals surface area contributed by atoms with Gasteiger partial charge in [-0.15, -0.1) is 0 Å². The van der Waals surface area contributed by atoms with Crippen molar-refractivity contribution in [1.82, 2.24) is 0 Å². The minimum absolute atomic E-state index is 0. The van der Waals surface area contributed by atoms with E-state index >= 15 is 0 Å². The fourth-order valence-electron chi connectivity index (χ4n) is 3.42. The van der Waals surface area contributed by atoms with Gasteiger partial charge in [-0.1, -0.05) is 0 Å². The average Bonchev–Trinajstić information content (AvgIpc) is 3.46. The zero-order valence-electron chi connectivity index (χ0n) is 19.3. The molecule has 10 heteroatoms. The molecule has 0 radical (unpaired) electrons. The van der Waals surface area contributed by atoms with Crippen molar-refractivity contribution in [2.24, 2.45) is 0 Å². The molecule has 0 amide bonds. The molecule has 0 aliphatic rings. The summed E-state index contributed by atoms with van der Waals surface area (Å²) in [4.78, 5) is 26.3. The fraction of sp³-hybridized carbons (Fsp3) is 0.154. The van der Waals surface area contributed by atoms with Crippen molar-refractivity contribution in [3.8, 4) is 20.9 Å². The SMILES string of the molecule is CC(C(=O)[O][Al+][O]C(=O)C(C)c1cc(-c2ccccc2)sc1F)c1cc(-c2ccccc2)sc1F.[OH-]. The van der Waals surface area contributed by atoms with Crippen molar-refractivity contribution in [3.63, 3.8) is 0 Å². The van der Waals surface area contributed by atoms with Crippen molar-refractivity contribution in [2.75, 3.05) is 0 Å². The van der Waals surface area contributed by atoms with E-state index in [1.807, 2.05) is 60.7 Å². The Morgan fingerprint density at radius 1 is 0.722 bits per heavy atom. The maximum atomic E-state index is 14.5. The molecule has 2 aromatic carbocycles. The molecule has 0 saturated heterocycles. The summed E-state index contributed by atoms with van der Waals surface area (Å²) in [5.41, 5.74) is 2.17. The second-order valence-corrected chi connectivity index (χ2v) is 10.5. The van der Waals surface area contributed by atoms with Gasteiger partial charge < -0.3 is 5.48 Å². The molecule has 36 heavy (non-hydrogen) atoms. The Morgan fingerprint density at radius 3 is 1.44 bits per heavy atom. The fourth-order valence-corrected chi connectivity index (χ4v) is 6.04. The van der Waals surface area contributed by atoms with Crippen LogP contribution in [0, 0.1) is 10.3 Å². The summed E-state index contributed by atoms with van der Waals surface area (Å²) >= 11 is 0.443. The quantitative estimate of drug-likeness (QED) is 0.230. The summed E-state index contributed by atoms with van der Waals surface area (Å²) < 4.78 is 39.3. The summed E-state index contributed by atoms with van der Waals surface area (Å²) in [6, 6.07) is 21.9. The number of benzene rings is 2. The monoisotopic (exact) mass is 542 g/mol. The van der Waals surface area contributed by atoms with E-state index in [0.717, 1.165) is 33.8 Å². The third kappa shape index (κ3) is 6.27. The van der Waals surface area contributed by atoms with E-state index in [0.29, 0.717) is 9.75 Å². The largest absolute Gasteiger partial charge is 0.870 e. The van der Waals surface area contributed by atoms with E-state index in [9.17, 15) is 18.4 Å². The minimum Gasteiger partial charge on any atom is -0.870 e. The number of hydrogen-bond acceptors (Lipinski definition) is 7. The number of thiophene rings is 2. The van der Waals surface area contributed by atoms with Gasteiger partial charge in [-0.3, -0.25) is 0 Å². The number of halogens is 2. The number of carbonyl (C=O) groups is 2. The molecule has 2 aromatic heterocycles. The third-order valence-electron chi connectivity index (χ3n) is 5.51. The van der Waals surface area contributed by atoms with Gasteiger partial charge in [-0.25, -0.2) is 0 Å². The minimum atomic E-state index is -1.47. The Morgan fingerprint density at radius 2 is 1.08 bits per heavy atom. The van der Waals surface area contributed by atoms with Gasteiger partial charge in [-0.2, -0.15) is 0 Å². The molecule has 0 aliphatic heterocycles. The van der Waals surface area contributed by atoms with Crippen molar-refractivity contribution in [2.45, 2.75) is 25.7 Å². The van der Waals surface area contributed by atoms with Crippen molar-refractivity contribution < 1.29 is 31.4 Å². The zero-order valence-corrected chi connectivity index (χ0v) is 22.1.